The van der Waals surface area contributed by atoms with Crippen LogP contribution in [-0.2, 0) is 0 Å². The largest absolute Gasteiger partial charge is 0.490 e. The molecule has 96 valence electrons. The lowest BCUT2D eigenvalue weighted by atomic mass is 10.2. The van der Waals surface area contributed by atoms with Crippen LogP contribution in [0, 0.1) is 27.3 Å². The predicted molar refractivity (Wildman–Crippen MR) is 61.6 cm³/mol. The molecule has 0 fully saturated rings. The predicted octanol–water partition coefficient (Wildman–Crippen LogP) is 1.61. The summed E-state index contributed by atoms with van der Waals surface area (Å²) in [6, 6.07) is 4.80. The van der Waals surface area contributed by atoms with E-state index >= 15 is 0 Å². The molecule has 0 aromatic heterocycles. The first-order chi connectivity index (χ1) is 8.58. The zero-order chi connectivity index (χ0) is 13.5. The molecule has 0 amide bonds. The number of hydrogen-bond acceptors (Lipinski definition) is 5. The summed E-state index contributed by atoms with van der Waals surface area (Å²) in [5, 5.41) is 21.8. The molecule has 1 N–H and O–H groups in total. The van der Waals surface area contributed by atoms with Gasteiger partial charge in [0.25, 0.3) is 5.69 Å². The Labute approximate surface area is 103 Å². The fraction of sp³-hybridized carbons (Fsp3) is 0.364. The number of nitro benzene ring substituents is 1. The molecule has 1 unspecified atom stereocenters. The maximum Gasteiger partial charge on any atom is 0.272 e. The summed E-state index contributed by atoms with van der Waals surface area (Å²) in [4.78, 5) is 9.72. The van der Waals surface area contributed by atoms with Gasteiger partial charge >= 0.3 is 0 Å². The molecule has 0 spiro atoms. The Morgan fingerprint density at radius 3 is 2.89 bits per heavy atom. The van der Waals surface area contributed by atoms with Gasteiger partial charge in [0, 0.05) is 12.5 Å². The van der Waals surface area contributed by atoms with Crippen LogP contribution in [0.1, 0.15) is 6.42 Å². The summed E-state index contributed by atoms with van der Waals surface area (Å²) < 4.78 is 18.5. The van der Waals surface area contributed by atoms with Gasteiger partial charge in [-0.2, -0.15) is 5.26 Å². The van der Waals surface area contributed by atoms with Gasteiger partial charge in [-0.05, 0) is 13.1 Å². The van der Waals surface area contributed by atoms with E-state index in [1.54, 1.807) is 7.05 Å². The van der Waals surface area contributed by atoms with E-state index in [1.165, 1.54) is 6.07 Å². The first-order valence-electron chi connectivity index (χ1n) is 5.22. The van der Waals surface area contributed by atoms with Gasteiger partial charge in [-0.15, -0.1) is 0 Å². The Hall–Kier alpha value is -2.20. The summed E-state index contributed by atoms with van der Waals surface area (Å²) in [6.07, 6.45) is 0.392. The monoisotopic (exact) mass is 253 g/mol. The molecule has 0 heterocycles. The van der Waals surface area contributed by atoms with Crippen molar-refractivity contribution in [2.75, 3.05) is 13.7 Å². The number of rotatable bonds is 6. The van der Waals surface area contributed by atoms with Crippen molar-refractivity contribution in [1.82, 2.24) is 5.32 Å². The third-order valence-electron chi connectivity index (χ3n) is 2.29. The molecule has 0 bridgehead atoms. The van der Waals surface area contributed by atoms with Crippen molar-refractivity contribution < 1.29 is 14.1 Å². The van der Waals surface area contributed by atoms with Crippen LogP contribution in [0.25, 0.3) is 0 Å². The van der Waals surface area contributed by atoms with Crippen LogP contribution in [-0.4, -0.2) is 24.6 Å². The normalized spacial score (nSPS) is 11.6. The minimum absolute atomic E-state index is 0.0617. The Bertz CT molecular complexity index is 473. The maximum absolute atomic E-state index is 13.4. The molecule has 0 saturated heterocycles. The van der Waals surface area contributed by atoms with Crippen LogP contribution >= 0.6 is 0 Å². The van der Waals surface area contributed by atoms with Crippen LogP contribution in [0.3, 0.4) is 0 Å². The summed E-state index contributed by atoms with van der Waals surface area (Å²) >= 11 is 0. The molecule has 0 aliphatic carbocycles. The molecule has 0 radical (unpaired) electrons. The van der Waals surface area contributed by atoms with Crippen molar-refractivity contribution in [2.24, 2.45) is 0 Å². The maximum atomic E-state index is 13.4. The van der Waals surface area contributed by atoms with E-state index in [0.717, 1.165) is 12.1 Å². The highest BCUT2D eigenvalue weighted by Crippen LogP contribution is 2.22. The lowest BCUT2D eigenvalue weighted by Gasteiger charge is -2.09. The molecule has 18 heavy (non-hydrogen) atoms. The number of nitrogens with zero attached hydrogens (tertiary/aromatic N) is 2. The lowest BCUT2D eigenvalue weighted by Crippen LogP contribution is -2.25. The highest BCUT2D eigenvalue weighted by atomic mass is 19.1. The lowest BCUT2D eigenvalue weighted by molar-refractivity contribution is -0.385. The fourth-order valence-corrected chi connectivity index (χ4v) is 1.28. The van der Waals surface area contributed by atoms with Crippen molar-refractivity contribution in [2.45, 2.75) is 12.5 Å². The molecule has 0 aliphatic rings. The molecule has 0 aliphatic heterocycles. The third-order valence-corrected chi connectivity index (χ3v) is 2.29. The Balaban J connectivity index is 2.58. The van der Waals surface area contributed by atoms with Crippen molar-refractivity contribution in [1.29, 1.82) is 5.26 Å². The van der Waals surface area contributed by atoms with Gasteiger partial charge in [-0.3, -0.25) is 10.1 Å². The zero-order valence-corrected chi connectivity index (χ0v) is 9.72. The van der Waals surface area contributed by atoms with Gasteiger partial charge in [-0.1, -0.05) is 0 Å². The zero-order valence-electron chi connectivity index (χ0n) is 9.72. The number of halogens is 1. The molecule has 7 heteroatoms. The Kier molecular flexibility index (Phi) is 5.02. The first-order valence-corrected chi connectivity index (χ1v) is 5.22. The van der Waals surface area contributed by atoms with Crippen LogP contribution in [0.15, 0.2) is 18.2 Å². The van der Waals surface area contributed by atoms with E-state index in [4.69, 9.17) is 10.00 Å². The van der Waals surface area contributed by atoms with E-state index in [2.05, 4.69) is 5.32 Å². The van der Waals surface area contributed by atoms with E-state index in [9.17, 15) is 14.5 Å². The van der Waals surface area contributed by atoms with E-state index in [0.29, 0.717) is 6.42 Å². The van der Waals surface area contributed by atoms with E-state index in [-0.39, 0.29) is 24.1 Å². The van der Waals surface area contributed by atoms with E-state index < -0.39 is 10.7 Å². The molecular weight excluding hydrogens is 241 g/mol. The van der Waals surface area contributed by atoms with Gasteiger partial charge in [0.05, 0.1) is 29.7 Å². The van der Waals surface area contributed by atoms with Gasteiger partial charge in [0.2, 0.25) is 0 Å². The molecule has 6 nitrogen and oxygen atoms in total. The molecule has 1 aromatic carbocycles. The molecule has 1 atom stereocenters. The topological polar surface area (TPSA) is 88.2 Å². The van der Waals surface area contributed by atoms with Crippen LogP contribution in [0.5, 0.6) is 5.75 Å². The van der Waals surface area contributed by atoms with Crippen LogP contribution < -0.4 is 10.1 Å². The van der Waals surface area contributed by atoms with Gasteiger partial charge in [-0.25, -0.2) is 4.39 Å². The molecule has 1 rings (SSSR count). The minimum Gasteiger partial charge on any atom is -0.490 e. The van der Waals surface area contributed by atoms with E-state index in [1.807, 2.05) is 6.07 Å². The summed E-state index contributed by atoms with van der Waals surface area (Å²) in [5.74, 6) is -0.851. The highest BCUT2D eigenvalue weighted by molar-refractivity contribution is 5.37. The van der Waals surface area contributed by atoms with Crippen molar-refractivity contribution >= 4 is 5.69 Å². The summed E-state index contributed by atoms with van der Waals surface area (Å²) in [7, 11) is 1.64. The smallest absolute Gasteiger partial charge is 0.272 e. The number of ether oxygens (including phenoxy) is 1. The number of non-ortho nitro benzene ring substituents is 1. The SMILES string of the molecule is CNC(C#N)CCOc1ccc([N+](=O)[O-])cc1F. The standard InChI is InChI=1S/C11H12FN3O3/c1-14-8(7-13)4-5-18-11-3-2-9(15(16)17)6-10(11)12/h2-3,6,8,14H,4-5H2,1H3. The highest BCUT2D eigenvalue weighted by Gasteiger charge is 2.12. The second-order valence-electron chi connectivity index (χ2n) is 3.48. The molecule has 0 saturated carbocycles. The number of hydrogen-bond donors (Lipinski definition) is 1. The van der Waals surface area contributed by atoms with Crippen molar-refractivity contribution in [3.63, 3.8) is 0 Å². The number of nitrogens with one attached hydrogen (secondary N) is 1. The second-order valence-corrected chi connectivity index (χ2v) is 3.48. The van der Waals surface area contributed by atoms with Crippen molar-refractivity contribution in [3.05, 3.63) is 34.1 Å². The first kappa shape index (κ1) is 13.9. The number of nitro groups is 1. The molecule has 1 aromatic rings. The summed E-state index contributed by atoms with van der Waals surface area (Å²) in [5.41, 5.74) is -0.329. The third kappa shape index (κ3) is 3.68. The molecular formula is C11H12FN3O3. The second kappa shape index (κ2) is 6.51. The minimum atomic E-state index is -0.790. The van der Waals surface area contributed by atoms with Gasteiger partial charge in [0.15, 0.2) is 11.6 Å². The van der Waals surface area contributed by atoms with Crippen LogP contribution in [0.2, 0.25) is 0 Å². The number of benzene rings is 1. The van der Waals surface area contributed by atoms with Crippen molar-refractivity contribution in [3.8, 4) is 11.8 Å². The quantitative estimate of drug-likeness (QED) is 0.614. The van der Waals surface area contributed by atoms with Crippen LogP contribution in [0.4, 0.5) is 10.1 Å². The van der Waals surface area contributed by atoms with Gasteiger partial charge < -0.3 is 10.1 Å². The fourth-order valence-electron chi connectivity index (χ4n) is 1.28. The Morgan fingerprint density at radius 1 is 1.67 bits per heavy atom. The average Bonchev–Trinajstić information content (AvgIpc) is 2.36. The summed E-state index contributed by atoms with van der Waals surface area (Å²) in [6.45, 7) is 0.147. The number of nitriles is 1. The van der Waals surface area contributed by atoms with Gasteiger partial charge in [0.1, 0.15) is 0 Å². The Morgan fingerprint density at radius 2 is 2.39 bits per heavy atom. The average molecular weight is 253 g/mol.